The van der Waals surface area contributed by atoms with Gasteiger partial charge >= 0.3 is 0 Å². The first kappa shape index (κ1) is 24.2. The van der Waals surface area contributed by atoms with Crippen LogP contribution in [0.2, 0.25) is 5.54 Å². The summed E-state index contributed by atoms with van der Waals surface area (Å²) in [6, 6.07) is 16.1. The lowest BCUT2D eigenvalue weighted by Gasteiger charge is -1.97. The largest absolute Gasteiger partial charge is 0.239 e. The number of halogens is 2. The van der Waals surface area contributed by atoms with Crippen LogP contribution in [0, 0.1) is 0 Å². The average Bonchev–Trinajstić information content (AvgIpc) is 2.69. The number of rotatable bonds is 5. The Morgan fingerprint density at radius 3 is 0.846 bits per heavy atom. The highest BCUT2D eigenvalue weighted by Gasteiger charge is 2.05. The first-order valence-corrected chi connectivity index (χ1v) is 12.5. The van der Waals surface area contributed by atoms with Gasteiger partial charge in [-0.15, -0.1) is 0 Å². The number of benzene rings is 2. The van der Waals surface area contributed by atoms with Crippen molar-refractivity contribution >= 4 is 53.9 Å². The van der Waals surface area contributed by atoms with Crippen LogP contribution >= 0.6 is 22.2 Å². The highest BCUT2D eigenvalue weighted by atomic mass is 35.7. The Kier molecular flexibility index (Phi) is 13.4. The molecule has 0 aromatic heterocycles. The summed E-state index contributed by atoms with van der Waals surface area (Å²) in [7, 11) is -1.30. The second-order valence-corrected chi connectivity index (χ2v) is 11.2. The molecule has 0 nitrogen and oxygen atoms in total. The molecule has 2 aromatic rings. The maximum absolute atomic E-state index is 5.52. The molecule has 0 atom stereocenters. The van der Waals surface area contributed by atoms with Crippen molar-refractivity contribution in [3.05, 3.63) is 97.1 Å². The van der Waals surface area contributed by atoms with Gasteiger partial charge in [-0.3, -0.25) is 0 Å². The zero-order chi connectivity index (χ0) is 19.9. The first-order chi connectivity index (χ1) is 12.4. The van der Waals surface area contributed by atoms with Crippen LogP contribution in [0.5, 0.6) is 0 Å². The molecule has 0 aliphatic carbocycles. The van der Waals surface area contributed by atoms with E-state index in [0.717, 1.165) is 22.3 Å². The Labute approximate surface area is 170 Å². The molecule has 0 heterocycles. The summed E-state index contributed by atoms with van der Waals surface area (Å²) in [5.41, 5.74) is 5.10. The van der Waals surface area contributed by atoms with Gasteiger partial charge in [-0.25, -0.2) is 0 Å². The quantitative estimate of drug-likeness (QED) is 0.350. The fourth-order valence-corrected chi connectivity index (χ4v) is 1.54. The molecule has 0 bridgehead atoms. The maximum Gasteiger partial charge on any atom is 0.239 e. The minimum Gasteiger partial charge on any atom is -0.150 e. The normalized spacial score (nSPS) is 9.31. The first-order valence-electron chi connectivity index (χ1n) is 8.35. The fourth-order valence-electron chi connectivity index (χ4n) is 1.54. The van der Waals surface area contributed by atoms with Gasteiger partial charge in [-0.2, -0.15) is 22.2 Å². The summed E-state index contributed by atoms with van der Waals surface area (Å²) in [5.74, 6) is 0. The second-order valence-electron chi connectivity index (χ2n) is 5.73. The molecular weight excluding hydrogens is 375 g/mol. The van der Waals surface area contributed by atoms with E-state index in [0.29, 0.717) is 5.54 Å². The van der Waals surface area contributed by atoms with E-state index in [1.54, 1.807) is 0 Å². The predicted molar refractivity (Wildman–Crippen MR) is 127 cm³/mol. The lowest BCUT2D eigenvalue weighted by molar-refractivity contribution is 1.07. The highest BCUT2D eigenvalue weighted by Crippen LogP contribution is 2.13. The SMILES string of the molecule is C=Cc1ccc(C=C)cc1.C=Cc1ccc(C=C)cc1.CC(C)[SiH](Cl)Cl. The Hall–Kier alpha value is -1.80. The zero-order valence-corrected chi connectivity index (χ0v) is 18.3. The Balaban J connectivity index is 0.000000375. The van der Waals surface area contributed by atoms with Crippen LogP contribution in [-0.4, -0.2) is 7.42 Å². The van der Waals surface area contributed by atoms with E-state index < -0.39 is 7.42 Å². The van der Waals surface area contributed by atoms with Crippen LogP contribution < -0.4 is 0 Å². The standard InChI is InChI=1S/2C10H10.C3H8Cl2Si/c2*1-3-9-5-7-10(4-2)8-6-9;1-3(2)6(4)5/h2*3-8H,1-2H2;3,6H,1-2H3. The van der Waals surface area contributed by atoms with E-state index in [-0.39, 0.29) is 0 Å². The van der Waals surface area contributed by atoms with E-state index in [9.17, 15) is 0 Å². The fraction of sp³-hybridized carbons (Fsp3) is 0.130. The molecule has 0 amide bonds. The molecule has 0 N–H and O–H groups in total. The van der Waals surface area contributed by atoms with Crippen LogP contribution in [0.25, 0.3) is 24.3 Å². The summed E-state index contributed by atoms with van der Waals surface area (Å²) < 4.78 is 0. The van der Waals surface area contributed by atoms with Crippen LogP contribution in [0.3, 0.4) is 0 Å². The van der Waals surface area contributed by atoms with Gasteiger partial charge in [-0.05, 0) is 27.8 Å². The molecule has 0 spiro atoms. The summed E-state index contributed by atoms with van der Waals surface area (Å²) in [6.45, 7) is 18.7. The van der Waals surface area contributed by atoms with Gasteiger partial charge in [0.1, 0.15) is 0 Å². The topological polar surface area (TPSA) is 0 Å². The monoisotopic (exact) mass is 402 g/mol. The van der Waals surface area contributed by atoms with Gasteiger partial charge in [0, 0.05) is 0 Å². The highest BCUT2D eigenvalue weighted by molar-refractivity contribution is 7.34. The summed E-state index contributed by atoms with van der Waals surface area (Å²) in [6.07, 6.45) is 7.31. The van der Waals surface area contributed by atoms with E-state index in [2.05, 4.69) is 26.3 Å². The van der Waals surface area contributed by atoms with E-state index in [1.165, 1.54) is 0 Å². The lowest BCUT2D eigenvalue weighted by atomic mass is 10.1. The smallest absolute Gasteiger partial charge is 0.150 e. The third kappa shape index (κ3) is 10.9. The van der Waals surface area contributed by atoms with Crippen LogP contribution in [0.4, 0.5) is 0 Å². The van der Waals surface area contributed by atoms with Crippen molar-refractivity contribution in [3.8, 4) is 0 Å². The van der Waals surface area contributed by atoms with Gasteiger partial charge in [-0.1, -0.05) is 113 Å². The third-order valence-electron chi connectivity index (χ3n) is 3.32. The van der Waals surface area contributed by atoms with Gasteiger partial charge in [0.25, 0.3) is 0 Å². The summed E-state index contributed by atoms with van der Waals surface area (Å²) in [4.78, 5) is 0. The van der Waals surface area contributed by atoms with Gasteiger partial charge < -0.3 is 0 Å². The van der Waals surface area contributed by atoms with E-state index >= 15 is 0 Å². The molecule has 0 unspecified atom stereocenters. The van der Waals surface area contributed by atoms with Crippen molar-refractivity contribution in [2.45, 2.75) is 19.4 Å². The maximum atomic E-state index is 5.52. The Morgan fingerprint density at radius 1 is 0.615 bits per heavy atom. The Morgan fingerprint density at radius 2 is 0.769 bits per heavy atom. The average molecular weight is 403 g/mol. The molecule has 0 aliphatic rings. The molecule has 2 aromatic carbocycles. The Bertz CT molecular complexity index is 553. The van der Waals surface area contributed by atoms with Crippen LogP contribution in [0.15, 0.2) is 74.8 Å². The molecule has 0 saturated heterocycles. The summed E-state index contributed by atoms with van der Waals surface area (Å²) in [5, 5.41) is 0. The molecule has 0 fully saturated rings. The van der Waals surface area contributed by atoms with Crippen molar-refractivity contribution in [1.29, 1.82) is 0 Å². The van der Waals surface area contributed by atoms with Crippen LogP contribution in [0.1, 0.15) is 36.1 Å². The van der Waals surface area contributed by atoms with Crippen molar-refractivity contribution < 1.29 is 0 Å². The molecule has 26 heavy (non-hydrogen) atoms. The minimum atomic E-state index is -1.30. The molecule has 3 heteroatoms. The van der Waals surface area contributed by atoms with Gasteiger partial charge in [0.05, 0.1) is 0 Å². The van der Waals surface area contributed by atoms with Crippen molar-refractivity contribution in [2.75, 3.05) is 0 Å². The van der Waals surface area contributed by atoms with Gasteiger partial charge in [0.15, 0.2) is 0 Å². The molecule has 2 rings (SSSR count). The van der Waals surface area contributed by atoms with Gasteiger partial charge in [0.2, 0.25) is 7.42 Å². The third-order valence-corrected chi connectivity index (χ3v) is 7.35. The summed E-state index contributed by atoms with van der Waals surface area (Å²) >= 11 is 11.0. The van der Waals surface area contributed by atoms with Crippen molar-refractivity contribution in [2.24, 2.45) is 0 Å². The zero-order valence-electron chi connectivity index (χ0n) is 15.7. The molecule has 0 aliphatic heterocycles. The van der Waals surface area contributed by atoms with Crippen molar-refractivity contribution in [1.82, 2.24) is 0 Å². The molecule has 138 valence electrons. The molecule has 0 radical (unpaired) electrons. The van der Waals surface area contributed by atoms with E-state index in [4.69, 9.17) is 22.2 Å². The van der Waals surface area contributed by atoms with E-state index in [1.807, 2.05) is 86.7 Å². The predicted octanol–water partition coefficient (Wildman–Crippen LogP) is 8.04. The minimum absolute atomic E-state index is 0.522. The molecule has 0 saturated carbocycles. The number of hydrogen-bond acceptors (Lipinski definition) is 0. The molecular formula is C23H28Cl2Si. The van der Waals surface area contributed by atoms with Crippen LogP contribution in [-0.2, 0) is 0 Å². The van der Waals surface area contributed by atoms with Crippen molar-refractivity contribution in [3.63, 3.8) is 0 Å². The lowest BCUT2D eigenvalue weighted by Crippen LogP contribution is -1.96. The second kappa shape index (κ2) is 14.4. The number of hydrogen-bond donors (Lipinski definition) is 0.